The molecule has 2 aliphatic rings. The van der Waals surface area contributed by atoms with Gasteiger partial charge in [-0.3, -0.25) is 4.79 Å². The van der Waals surface area contributed by atoms with Gasteiger partial charge in [-0.15, -0.1) is 36.2 Å². The molecule has 4 nitrogen and oxygen atoms in total. The van der Waals surface area contributed by atoms with Crippen LogP contribution in [0.15, 0.2) is 5.51 Å². The van der Waals surface area contributed by atoms with Crippen LogP contribution in [0, 0.1) is 24.7 Å². The third-order valence-electron chi connectivity index (χ3n) is 5.05. The van der Waals surface area contributed by atoms with Gasteiger partial charge in [0.2, 0.25) is 5.91 Å². The monoisotopic (exact) mass is 365 g/mol. The number of carbonyl (C=O) groups is 1. The molecule has 1 aromatic rings. The van der Waals surface area contributed by atoms with Gasteiger partial charge in [-0.05, 0) is 44.4 Å². The molecular weight excluding hydrogens is 341 g/mol. The first-order valence-electron chi connectivity index (χ1n) is 7.57. The molecule has 22 heavy (non-hydrogen) atoms. The average molecular weight is 366 g/mol. The van der Waals surface area contributed by atoms with Crippen LogP contribution in [0.4, 0.5) is 0 Å². The molecule has 0 radical (unpaired) electrons. The third-order valence-corrected chi connectivity index (χ3v) is 5.99. The highest BCUT2D eigenvalue weighted by Gasteiger charge is 2.40. The molecule has 0 saturated heterocycles. The molecule has 1 amide bonds. The Morgan fingerprint density at radius 1 is 1.36 bits per heavy atom. The lowest BCUT2D eigenvalue weighted by Crippen LogP contribution is -2.49. The van der Waals surface area contributed by atoms with E-state index in [4.69, 9.17) is 5.73 Å². The van der Waals surface area contributed by atoms with Crippen LogP contribution in [-0.2, 0) is 11.3 Å². The Kier molecular flexibility index (Phi) is 7.59. The van der Waals surface area contributed by atoms with Gasteiger partial charge >= 0.3 is 0 Å². The molecule has 2 fully saturated rings. The van der Waals surface area contributed by atoms with Crippen molar-refractivity contribution < 1.29 is 4.79 Å². The van der Waals surface area contributed by atoms with E-state index in [0.29, 0.717) is 24.4 Å². The highest BCUT2D eigenvalue weighted by molar-refractivity contribution is 7.09. The SMILES string of the molecule is Cc1ncsc1CNC(=O)C1CC2CCCC(C1)C2N.Cl.Cl. The third kappa shape index (κ3) is 4.13. The largest absolute Gasteiger partial charge is 0.351 e. The Morgan fingerprint density at radius 3 is 2.55 bits per heavy atom. The van der Waals surface area contributed by atoms with Crippen LogP contribution in [0.3, 0.4) is 0 Å². The highest BCUT2D eigenvalue weighted by Crippen LogP contribution is 2.41. The number of nitrogens with zero attached hydrogens (tertiary/aromatic N) is 1. The average Bonchev–Trinajstić information content (AvgIpc) is 2.81. The first-order valence-corrected chi connectivity index (χ1v) is 8.45. The van der Waals surface area contributed by atoms with E-state index in [1.807, 2.05) is 12.4 Å². The number of rotatable bonds is 3. The number of fused-ring (bicyclic) bond motifs is 2. The van der Waals surface area contributed by atoms with Crippen molar-refractivity contribution in [2.24, 2.45) is 23.5 Å². The van der Waals surface area contributed by atoms with Gasteiger partial charge in [0.25, 0.3) is 0 Å². The lowest BCUT2D eigenvalue weighted by atomic mass is 9.65. The number of amides is 1. The zero-order valence-electron chi connectivity index (χ0n) is 12.8. The van der Waals surface area contributed by atoms with Gasteiger partial charge in [0.1, 0.15) is 0 Å². The maximum Gasteiger partial charge on any atom is 0.223 e. The Labute approximate surface area is 148 Å². The van der Waals surface area contributed by atoms with Gasteiger partial charge in [-0.25, -0.2) is 4.98 Å². The van der Waals surface area contributed by atoms with Gasteiger partial charge in [-0.1, -0.05) is 6.42 Å². The van der Waals surface area contributed by atoms with Crippen molar-refractivity contribution in [2.75, 3.05) is 0 Å². The van der Waals surface area contributed by atoms with Crippen LogP contribution < -0.4 is 11.1 Å². The smallest absolute Gasteiger partial charge is 0.223 e. The fourth-order valence-corrected chi connectivity index (χ4v) is 4.53. The predicted molar refractivity (Wildman–Crippen MR) is 94.7 cm³/mol. The second-order valence-corrected chi connectivity index (χ2v) is 7.21. The molecular formula is C15H25Cl2N3OS. The molecule has 2 bridgehead atoms. The van der Waals surface area contributed by atoms with E-state index >= 15 is 0 Å². The molecule has 0 spiro atoms. The highest BCUT2D eigenvalue weighted by atomic mass is 35.5. The quantitative estimate of drug-likeness (QED) is 0.864. The van der Waals surface area contributed by atoms with Gasteiger partial charge in [0.05, 0.1) is 17.7 Å². The van der Waals surface area contributed by atoms with Crippen LogP contribution in [0.1, 0.15) is 42.7 Å². The van der Waals surface area contributed by atoms with E-state index < -0.39 is 0 Å². The van der Waals surface area contributed by atoms with Crippen LogP contribution in [0.25, 0.3) is 0 Å². The number of halogens is 2. The van der Waals surface area contributed by atoms with E-state index in [9.17, 15) is 4.79 Å². The standard InChI is InChI=1S/C15H23N3OS.2ClH/c1-9-13(20-8-18-9)7-17-15(19)12-5-10-3-2-4-11(6-12)14(10)16;;/h8,10-12,14H,2-7,16H2,1H3,(H,17,19);2*1H. The van der Waals surface area contributed by atoms with Crippen molar-refractivity contribution in [3.8, 4) is 0 Å². The van der Waals surface area contributed by atoms with Crippen molar-refractivity contribution in [3.05, 3.63) is 16.1 Å². The fraction of sp³-hybridized carbons (Fsp3) is 0.733. The molecule has 1 heterocycles. The minimum atomic E-state index is 0. The van der Waals surface area contributed by atoms with Gasteiger partial charge in [0, 0.05) is 16.8 Å². The molecule has 7 heteroatoms. The van der Waals surface area contributed by atoms with E-state index in [-0.39, 0.29) is 36.6 Å². The number of aromatic nitrogens is 1. The van der Waals surface area contributed by atoms with Gasteiger partial charge in [0.15, 0.2) is 0 Å². The van der Waals surface area contributed by atoms with Crippen molar-refractivity contribution in [1.82, 2.24) is 10.3 Å². The van der Waals surface area contributed by atoms with Gasteiger partial charge < -0.3 is 11.1 Å². The Bertz CT molecular complexity index is 483. The summed E-state index contributed by atoms with van der Waals surface area (Å²) in [5.41, 5.74) is 9.14. The second kappa shape index (κ2) is 8.48. The fourth-order valence-electron chi connectivity index (χ4n) is 3.81. The minimum absolute atomic E-state index is 0. The molecule has 126 valence electrons. The number of nitrogens with one attached hydrogen (secondary N) is 1. The molecule has 3 rings (SSSR count). The molecule has 3 N–H and O–H groups in total. The Balaban J connectivity index is 0.00000121. The predicted octanol–water partition coefficient (Wildman–Crippen LogP) is 3.06. The Hall–Kier alpha value is -0.360. The number of aryl methyl sites for hydroxylation is 1. The summed E-state index contributed by atoms with van der Waals surface area (Å²) < 4.78 is 0. The first kappa shape index (κ1) is 19.7. The molecule has 2 atom stereocenters. The molecule has 0 aromatic carbocycles. The van der Waals surface area contributed by atoms with Crippen molar-refractivity contribution >= 4 is 42.1 Å². The summed E-state index contributed by atoms with van der Waals surface area (Å²) in [6.07, 6.45) is 5.65. The summed E-state index contributed by atoms with van der Waals surface area (Å²) in [6.45, 7) is 2.61. The van der Waals surface area contributed by atoms with E-state index in [1.54, 1.807) is 11.3 Å². The summed E-state index contributed by atoms with van der Waals surface area (Å²) >= 11 is 1.61. The van der Waals surface area contributed by atoms with Crippen LogP contribution in [0.5, 0.6) is 0 Å². The van der Waals surface area contributed by atoms with E-state index in [0.717, 1.165) is 23.4 Å². The normalized spacial score (nSPS) is 29.9. The maximum absolute atomic E-state index is 12.4. The summed E-state index contributed by atoms with van der Waals surface area (Å²) in [6, 6.07) is 0.330. The second-order valence-electron chi connectivity index (χ2n) is 6.28. The topological polar surface area (TPSA) is 68.0 Å². The van der Waals surface area contributed by atoms with Crippen molar-refractivity contribution in [3.63, 3.8) is 0 Å². The zero-order chi connectivity index (χ0) is 14.1. The van der Waals surface area contributed by atoms with Crippen molar-refractivity contribution in [1.29, 1.82) is 0 Å². The van der Waals surface area contributed by atoms with Crippen LogP contribution in [0.2, 0.25) is 0 Å². The van der Waals surface area contributed by atoms with E-state index in [2.05, 4.69) is 10.3 Å². The summed E-state index contributed by atoms with van der Waals surface area (Å²) in [4.78, 5) is 17.7. The molecule has 2 aliphatic carbocycles. The summed E-state index contributed by atoms with van der Waals surface area (Å²) in [5.74, 6) is 1.49. The number of thiazole rings is 1. The summed E-state index contributed by atoms with van der Waals surface area (Å²) in [5, 5.41) is 3.09. The number of carbonyl (C=O) groups excluding carboxylic acids is 1. The first-order chi connectivity index (χ1) is 9.65. The van der Waals surface area contributed by atoms with Crippen LogP contribution >= 0.6 is 36.2 Å². The van der Waals surface area contributed by atoms with Gasteiger partial charge in [-0.2, -0.15) is 0 Å². The maximum atomic E-state index is 12.4. The minimum Gasteiger partial charge on any atom is -0.351 e. The zero-order valence-corrected chi connectivity index (χ0v) is 15.2. The van der Waals surface area contributed by atoms with Crippen LogP contribution in [-0.4, -0.2) is 16.9 Å². The number of nitrogens with two attached hydrogens (primary N) is 1. The lowest BCUT2D eigenvalue weighted by Gasteiger charge is -2.43. The molecule has 2 saturated carbocycles. The lowest BCUT2D eigenvalue weighted by molar-refractivity contribution is -0.128. The molecule has 0 aliphatic heterocycles. The molecule has 1 aromatic heterocycles. The number of hydrogen-bond donors (Lipinski definition) is 2. The van der Waals surface area contributed by atoms with Crippen molar-refractivity contribution in [2.45, 2.75) is 51.6 Å². The summed E-state index contributed by atoms with van der Waals surface area (Å²) in [7, 11) is 0. The Morgan fingerprint density at radius 2 is 2.00 bits per heavy atom. The number of hydrogen-bond acceptors (Lipinski definition) is 4. The van der Waals surface area contributed by atoms with E-state index in [1.165, 1.54) is 19.3 Å². The molecule has 2 unspecified atom stereocenters.